The molecule has 0 radical (unpaired) electrons. The summed E-state index contributed by atoms with van der Waals surface area (Å²) in [5, 5.41) is -7.74. The predicted octanol–water partition coefficient (Wildman–Crippen LogP) is 7.36. The van der Waals surface area contributed by atoms with Crippen LogP contribution in [0, 0.1) is 0 Å². The second kappa shape index (κ2) is 11.8. The molecule has 0 saturated heterocycles. The Morgan fingerprint density at radius 1 is 0.511 bits per heavy atom. The molecular weight excluding hydrogens is 719 g/mol. The van der Waals surface area contributed by atoms with Gasteiger partial charge in [-0.2, -0.15) is 96.5 Å². The lowest BCUT2D eigenvalue weighted by atomic mass is 9.87. The molecule has 0 N–H and O–H groups in total. The quantitative estimate of drug-likeness (QED) is 0.123. The van der Waals surface area contributed by atoms with Crippen LogP contribution in [-0.4, -0.2) is 116 Å². The van der Waals surface area contributed by atoms with E-state index in [9.17, 15) is 101 Å². The highest BCUT2D eigenvalue weighted by atomic mass is 32.2. The average Bonchev–Trinajstić information content (AvgIpc) is 2.84. The molecule has 0 spiro atoms. The molecule has 0 fully saturated rings. The lowest BCUT2D eigenvalue weighted by Gasteiger charge is -2.44. The summed E-state index contributed by atoms with van der Waals surface area (Å²) in [6.45, 7) is -0.483. The predicted molar refractivity (Wildman–Crippen MR) is 109 cm³/mol. The number of rotatable bonds is 16. The fraction of sp³-hybridized carbons (Fsp3) is 1.00. The van der Waals surface area contributed by atoms with Crippen LogP contribution in [0.1, 0.15) is 20.3 Å². The number of sulfonamides is 1. The summed E-state index contributed by atoms with van der Waals surface area (Å²) < 4.78 is 308. The van der Waals surface area contributed by atoms with Gasteiger partial charge in [0.05, 0.1) is 27.2 Å². The topological polar surface area (TPSA) is 37.4 Å². The monoisotopic (exact) mass is 741 g/mol. The van der Waals surface area contributed by atoms with Crippen molar-refractivity contribution >= 4 is 10.0 Å². The van der Waals surface area contributed by atoms with Crippen LogP contribution in [0.4, 0.5) is 92.2 Å². The Kier molecular flexibility index (Phi) is 11.4. The molecule has 4 nitrogen and oxygen atoms in total. The van der Waals surface area contributed by atoms with E-state index in [2.05, 4.69) is 0 Å². The summed E-state index contributed by atoms with van der Waals surface area (Å²) in [5.74, 6) is -72.1. The third-order valence-electron chi connectivity index (χ3n) is 6.53. The van der Waals surface area contributed by atoms with Crippen molar-refractivity contribution in [2.45, 2.75) is 79.1 Å². The second-order valence-electron chi connectivity index (χ2n) is 9.94. The van der Waals surface area contributed by atoms with Gasteiger partial charge < -0.3 is 4.48 Å². The van der Waals surface area contributed by atoms with Gasteiger partial charge in [0, 0.05) is 19.5 Å². The van der Waals surface area contributed by atoms with Crippen LogP contribution in [0.2, 0.25) is 0 Å². The zero-order chi connectivity index (χ0) is 37.1. The molecule has 0 aliphatic carbocycles. The highest BCUT2D eigenvalue weighted by molar-refractivity contribution is 7.90. The number of halogens is 21. The molecule has 0 aliphatic rings. The number of hydrogen-bond acceptors (Lipinski definition) is 2. The van der Waals surface area contributed by atoms with Crippen LogP contribution in [-0.2, 0) is 10.0 Å². The van der Waals surface area contributed by atoms with Gasteiger partial charge in [0.1, 0.15) is 0 Å². The van der Waals surface area contributed by atoms with Crippen molar-refractivity contribution in [3.8, 4) is 0 Å². The zero-order valence-corrected chi connectivity index (χ0v) is 23.4. The first-order valence-electron chi connectivity index (χ1n) is 11.5. The van der Waals surface area contributed by atoms with Crippen LogP contribution in [0.25, 0.3) is 0 Å². The summed E-state index contributed by atoms with van der Waals surface area (Å²) in [7, 11) is -4.56. The smallest absolute Gasteiger partial charge is 0.329 e. The Morgan fingerprint density at radius 2 is 0.800 bits per heavy atom. The molecular formula is C19H22F21N2O2S+. The van der Waals surface area contributed by atoms with E-state index in [4.69, 9.17) is 0 Å². The van der Waals surface area contributed by atoms with Gasteiger partial charge >= 0.3 is 58.8 Å². The van der Waals surface area contributed by atoms with Crippen molar-refractivity contribution in [2.24, 2.45) is 0 Å². The number of hydrogen-bond donors (Lipinski definition) is 0. The maximum Gasteiger partial charge on any atom is 0.460 e. The first-order chi connectivity index (χ1) is 19.2. The standard InChI is InChI=1S/C19H22F21N2O2S/c1-5-41(8-7-9-42(3,4)6-2)45(43,44)19(39,40)17(34,35)15(30,31)13(26,27)11(22,23)10(20,21)12(24,25)14(28,29)16(32,33)18(36,37)38/h5-9H2,1-4H3/q+1. The molecule has 0 aromatic heterocycles. The summed E-state index contributed by atoms with van der Waals surface area (Å²) in [6.07, 6.45) is -8.64. The second-order valence-corrected chi connectivity index (χ2v) is 11.9. The van der Waals surface area contributed by atoms with E-state index in [0.717, 1.165) is 0 Å². The minimum absolute atomic E-state index is 0.0314. The normalized spacial score (nSPS) is 16.5. The van der Waals surface area contributed by atoms with Crippen LogP contribution < -0.4 is 0 Å². The molecule has 0 aromatic rings. The van der Waals surface area contributed by atoms with E-state index in [1.165, 1.54) is 21.0 Å². The van der Waals surface area contributed by atoms with E-state index >= 15 is 0 Å². The average molecular weight is 741 g/mol. The molecule has 0 atom stereocenters. The Labute approximate surface area is 239 Å². The number of alkyl halides is 21. The molecule has 0 aromatic carbocycles. The van der Waals surface area contributed by atoms with Crippen molar-refractivity contribution in [2.75, 3.05) is 40.3 Å². The Bertz CT molecular complexity index is 1150. The molecule has 26 heteroatoms. The van der Waals surface area contributed by atoms with E-state index in [1.807, 2.05) is 0 Å². The van der Waals surface area contributed by atoms with Crippen molar-refractivity contribution in [3.05, 3.63) is 0 Å². The Balaban J connectivity index is 7.10. The first kappa shape index (κ1) is 43.4. The molecule has 0 saturated carbocycles. The van der Waals surface area contributed by atoms with Crippen molar-refractivity contribution in [1.82, 2.24) is 4.31 Å². The van der Waals surface area contributed by atoms with Gasteiger partial charge in [0.2, 0.25) is 0 Å². The van der Waals surface area contributed by atoms with Crippen molar-refractivity contribution in [3.63, 3.8) is 0 Å². The molecule has 0 aliphatic heterocycles. The highest BCUT2D eigenvalue weighted by Gasteiger charge is 2.98. The highest BCUT2D eigenvalue weighted by Crippen LogP contribution is 2.66. The van der Waals surface area contributed by atoms with Gasteiger partial charge in [-0.25, -0.2) is 8.42 Å². The third kappa shape index (κ3) is 6.11. The number of quaternary nitrogens is 1. The molecule has 0 unspecified atom stereocenters. The summed E-state index contributed by atoms with van der Waals surface area (Å²) in [5.41, 5.74) is 0. The lowest BCUT2D eigenvalue weighted by molar-refractivity contribution is -0.888. The van der Waals surface area contributed by atoms with Gasteiger partial charge in [0.15, 0.2) is 0 Å². The largest absolute Gasteiger partial charge is 0.460 e. The molecule has 272 valence electrons. The van der Waals surface area contributed by atoms with Gasteiger partial charge in [0.25, 0.3) is 10.0 Å². The van der Waals surface area contributed by atoms with Crippen LogP contribution in [0.15, 0.2) is 0 Å². The Hall–Kier alpha value is -1.60. The first-order valence-corrected chi connectivity index (χ1v) is 13.0. The van der Waals surface area contributed by atoms with Crippen LogP contribution in [0.5, 0.6) is 0 Å². The molecule has 0 amide bonds. The molecule has 0 heterocycles. The van der Waals surface area contributed by atoms with Crippen LogP contribution >= 0.6 is 0 Å². The fourth-order valence-corrected chi connectivity index (χ4v) is 4.64. The Morgan fingerprint density at radius 3 is 1.07 bits per heavy atom. The van der Waals surface area contributed by atoms with Crippen molar-refractivity contribution in [1.29, 1.82) is 0 Å². The van der Waals surface area contributed by atoms with E-state index in [-0.39, 0.29) is 17.6 Å². The van der Waals surface area contributed by atoms with Gasteiger partial charge in [-0.15, -0.1) is 0 Å². The van der Waals surface area contributed by atoms with Gasteiger partial charge in [-0.3, -0.25) is 0 Å². The maximum atomic E-state index is 14.4. The summed E-state index contributed by atoms with van der Waals surface area (Å²) in [6, 6.07) is 0. The summed E-state index contributed by atoms with van der Waals surface area (Å²) in [4.78, 5) is 0. The number of nitrogens with zero attached hydrogens (tertiary/aromatic N) is 2. The van der Waals surface area contributed by atoms with Gasteiger partial charge in [-0.1, -0.05) is 6.92 Å². The zero-order valence-electron chi connectivity index (χ0n) is 22.6. The van der Waals surface area contributed by atoms with E-state index in [1.54, 1.807) is 0 Å². The van der Waals surface area contributed by atoms with E-state index in [0.29, 0.717) is 6.92 Å². The lowest BCUT2D eigenvalue weighted by Crippen LogP contribution is -2.77. The van der Waals surface area contributed by atoms with Gasteiger partial charge in [-0.05, 0) is 6.92 Å². The van der Waals surface area contributed by atoms with E-state index < -0.39 is 92.6 Å². The van der Waals surface area contributed by atoms with Crippen molar-refractivity contribution < 1.29 is 105 Å². The molecule has 45 heavy (non-hydrogen) atoms. The summed E-state index contributed by atoms with van der Waals surface area (Å²) >= 11 is 0. The molecule has 0 rings (SSSR count). The minimum atomic E-state index is -9.34. The minimum Gasteiger partial charge on any atom is -0.329 e. The maximum absolute atomic E-state index is 14.4. The SMILES string of the molecule is CCN(CCC[N+](C)(C)CC)S(=O)(=O)C(F)(F)C(F)(F)C(F)(F)C(F)(F)C(F)(F)C(F)(F)C(F)(F)C(F)(F)C(F)(F)C(F)(F)F. The molecule has 0 bridgehead atoms. The van der Waals surface area contributed by atoms with Crippen LogP contribution in [0.3, 0.4) is 0 Å². The fourth-order valence-electron chi connectivity index (χ4n) is 3.15. The third-order valence-corrected chi connectivity index (χ3v) is 8.55.